The number of carbonyl (C=O) groups excluding carboxylic acids is 1. The highest BCUT2D eigenvalue weighted by molar-refractivity contribution is 6.11. The maximum atomic E-state index is 13.0. The van der Waals surface area contributed by atoms with Crippen LogP contribution in [0, 0.1) is 16.7 Å². The largest absolute Gasteiger partial charge is 0.347 e. The predicted molar refractivity (Wildman–Crippen MR) is 83.0 cm³/mol. The van der Waals surface area contributed by atoms with E-state index >= 15 is 0 Å². The van der Waals surface area contributed by atoms with Crippen LogP contribution in [0.15, 0.2) is 30.5 Å². The van der Waals surface area contributed by atoms with E-state index in [0.29, 0.717) is 5.78 Å². The van der Waals surface area contributed by atoms with Crippen LogP contribution in [-0.4, -0.2) is 10.4 Å². The van der Waals surface area contributed by atoms with Gasteiger partial charge in [0.15, 0.2) is 5.78 Å². The van der Waals surface area contributed by atoms with Crippen molar-refractivity contribution in [3.8, 4) is 0 Å². The van der Waals surface area contributed by atoms with E-state index in [2.05, 4.69) is 51.3 Å². The van der Waals surface area contributed by atoms with Crippen molar-refractivity contribution < 1.29 is 4.79 Å². The standard InChI is InChI=1S/C18H23NO/c1-6-19-11-13(12-9-7-8-10-14(12)19)15(20)16-17(2,3)18(16,4)5/h7-11,16H,6H2,1-5H3. The Labute approximate surface area is 120 Å². The summed E-state index contributed by atoms with van der Waals surface area (Å²) in [4.78, 5) is 13.0. The first-order valence-corrected chi connectivity index (χ1v) is 7.44. The molecule has 1 heterocycles. The third-order valence-electron chi connectivity index (χ3n) is 5.68. The van der Waals surface area contributed by atoms with Crippen LogP contribution in [-0.2, 0) is 6.54 Å². The number of nitrogens with zero attached hydrogens (tertiary/aromatic N) is 1. The number of hydrogen-bond donors (Lipinski definition) is 0. The summed E-state index contributed by atoms with van der Waals surface area (Å²) in [5, 5.41) is 1.10. The Morgan fingerprint density at radius 2 is 1.75 bits per heavy atom. The van der Waals surface area contributed by atoms with Crippen LogP contribution < -0.4 is 0 Å². The van der Waals surface area contributed by atoms with Crippen LogP contribution in [0.4, 0.5) is 0 Å². The van der Waals surface area contributed by atoms with Gasteiger partial charge in [0.25, 0.3) is 0 Å². The number of carbonyl (C=O) groups is 1. The molecule has 1 aromatic carbocycles. The molecule has 0 amide bonds. The van der Waals surface area contributed by atoms with Gasteiger partial charge in [0.2, 0.25) is 0 Å². The molecule has 2 aromatic rings. The van der Waals surface area contributed by atoms with Crippen LogP contribution in [0.1, 0.15) is 45.0 Å². The first kappa shape index (κ1) is 13.4. The summed E-state index contributed by atoms with van der Waals surface area (Å²) in [5.74, 6) is 0.439. The Hall–Kier alpha value is -1.57. The number of Topliss-reactive ketones (excluding diaryl/α,β-unsaturated/α-hetero) is 1. The summed E-state index contributed by atoms with van der Waals surface area (Å²) >= 11 is 0. The lowest BCUT2D eigenvalue weighted by atomic mass is 10.0. The number of para-hydroxylation sites is 1. The molecule has 2 heteroatoms. The third-order valence-corrected chi connectivity index (χ3v) is 5.68. The molecule has 106 valence electrons. The second-order valence-electron chi connectivity index (χ2n) is 7.09. The summed E-state index contributed by atoms with van der Waals surface area (Å²) < 4.78 is 2.17. The lowest BCUT2D eigenvalue weighted by Gasteiger charge is -2.03. The minimum Gasteiger partial charge on any atom is -0.347 e. The normalized spacial score (nSPS) is 20.2. The van der Waals surface area contributed by atoms with Gasteiger partial charge < -0.3 is 4.57 Å². The highest BCUT2D eigenvalue weighted by Gasteiger charge is 2.68. The summed E-state index contributed by atoms with van der Waals surface area (Å²) in [6, 6.07) is 8.21. The number of aryl methyl sites for hydroxylation is 1. The van der Waals surface area contributed by atoms with E-state index in [1.54, 1.807) is 0 Å². The van der Waals surface area contributed by atoms with Gasteiger partial charge in [-0.2, -0.15) is 0 Å². The Morgan fingerprint density at radius 1 is 1.15 bits per heavy atom. The van der Waals surface area contributed by atoms with Crippen LogP contribution in [0.25, 0.3) is 10.9 Å². The molecule has 1 fully saturated rings. The van der Waals surface area contributed by atoms with Gasteiger partial charge in [-0.05, 0) is 23.8 Å². The molecule has 0 N–H and O–H groups in total. The van der Waals surface area contributed by atoms with E-state index in [0.717, 1.165) is 23.0 Å². The molecule has 0 bridgehead atoms. The lowest BCUT2D eigenvalue weighted by molar-refractivity contribution is 0.0946. The maximum Gasteiger partial charge on any atom is 0.169 e. The number of rotatable bonds is 3. The number of aromatic nitrogens is 1. The number of benzene rings is 1. The molecule has 0 aliphatic heterocycles. The monoisotopic (exact) mass is 269 g/mol. The zero-order valence-electron chi connectivity index (χ0n) is 13.0. The van der Waals surface area contributed by atoms with Crippen molar-refractivity contribution >= 4 is 16.7 Å². The number of ketones is 1. The molecule has 2 nitrogen and oxygen atoms in total. The maximum absolute atomic E-state index is 13.0. The molecule has 0 radical (unpaired) electrons. The Bertz CT molecular complexity index is 677. The Balaban J connectivity index is 2.10. The van der Waals surface area contributed by atoms with Crippen molar-refractivity contribution in [1.29, 1.82) is 0 Å². The highest BCUT2D eigenvalue weighted by atomic mass is 16.1. The van der Waals surface area contributed by atoms with Gasteiger partial charge in [-0.1, -0.05) is 45.9 Å². The summed E-state index contributed by atoms with van der Waals surface area (Å²) in [6.07, 6.45) is 2.04. The van der Waals surface area contributed by atoms with Gasteiger partial charge >= 0.3 is 0 Å². The molecular formula is C18H23NO. The molecule has 3 rings (SSSR count). The predicted octanol–water partition coefficient (Wildman–Crippen LogP) is 4.53. The number of hydrogen-bond acceptors (Lipinski definition) is 1. The fourth-order valence-corrected chi connectivity index (χ4v) is 3.71. The van der Waals surface area contributed by atoms with E-state index in [1.165, 1.54) is 0 Å². The van der Waals surface area contributed by atoms with Crippen molar-refractivity contribution in [2.75, 3.05) is 0 Å². The second-order valence-corrected chi connectivity index (χ2v) is 7.09. The van der Waals surface area contributed by atoms with E-state index < -0.39 is 0 Å². The van der Waals surface area contributed by atoms with Crippen molar-refractivity contribution in [2.24, 2.45) is 16.7 Å². The quantitative estimate of drug-likeness (QED) is 0.750. The fourth-order valence-electron chi connectivity index (χ4n) is 3.71. The first-order valence-electron chi connectivity index (χ1n) is 7.44. The zero-order valence-corrected chi connectivity index (χ0v) is 13.0. The summed E-state index contributed by atoms with van der Waals surface area (Å²) in [5.41, 5.74) is 2.25. The van der Waals surface area contributed by atoms with Gasteiger partial charge in [-0.3, -0.25) is 4.79 Å². The highest BCUT2D eigenvalue weighted by Crippen LogP contribution is 2.69. The van der Waals surface area contributed by atoms with E-state index in [4.69, 9.17) is 0 Å². The lowest BCUT2D eigenvalue weighted by Crippen LogP contribution is -2.07. The summed E-state index contributed by atoms with van der Waals surface area (Å²) in [7, 11) is 0. The molecule has 0 spiro atoms. The van der Waals surface area contributed by atoms with Gasteiger partial charge in [-0.25, -0.2) is 0 Å². The van der Waals surface area contributed by atoms with Gasteiger partial charge in [0.05, 0.1) is 0 Å². The Kier molecular flexibility index (Phi) is 2.66. The van der Waals surface area contributed by atoms with E-state index in [-0.39, 0.29) is 16.7 Å². The average Bonchev–Trinajstić information content (AvgIpc) is 2.73. The van der Waals surface area contributed by atoms with E-state index in [1.807, 2.05) is 18.3 Å². The van der Waals surface area contributed by atoms with Crippen molar-refractivity contribution in [1.82, 2.24) is 4.57 Å². The molecule has 20 heavy (non-hydrogen) atoms. The second kappa shape index (κ2) is 3.97. The molecule has 1 aliphatic carbocycles. The minimum atomic E-state index is 0.0967. The average molecular weight is 269 g/mol. The van der Waals surface area contributed by atoms with Crippen LogP contribution in [0.5, 0.6) is 0 Å². The molecule has 0 saturated heterocycles. The smallest absolute Gasteiger partial charge is 0.169 e. The van der Waals surface area contributed by atoms with Gasteiger partial charge in [0.1, 0.15) is 0 Å². The van der Waals surface area contributed by atoms with E-state index in [9.17, 15) is 4.79 Å². The number of fused-ring (bicyclic) bond motifs is 1. The van der Waals surface area contributed by atoms with Crippen molar-refractivity contribution in [2.45, 2.75) is 41.2 Å². The minimum absolute atomic E-state index is 0.0967. The molecule has 0 unspecified atom stereocenters. The molecular weight excluding hydrogens is 246 g/mol. The van der Waals surface area contributed by atoms with Gasteiger partial charge in [-0.15, -0.1) is 0 Å². The van der Waals surface area contributed by atoms with Crippen LogP contribution in [0.3, 0.4) is 0 Å². The third kappa shape index (κ3) is 1.54. The SMILES string of the molecule is CCn1cc(C(=O)C2C(C)(C)C2(C)C)c2ccccc21. The fraction of sp³-hybridized carbons (Fsp3) is 0.500. The Morgan fingerprint density at radius 3 is 2.30 bits per heavy atom. The zero-order chi connectivity index (χ0) is 14.7. The molecule has 1 aliphatic rings. The first-order chi connectivity index (χ1) is 9.32. The van der Waals surface area contributed by atoms with Crippen LogP contribution >= 0.6 is 0 Å². The van der Waals surface area contributed by atoms with Gasteiger partial charge in [0, 0.05) is 35.1 Å². The molecule has 0 atom stereocenters. The topological polar surface area (TPSA) is 22.0 Å². The molecule has 1 saturated carbocycles. The van der Waals surface area contributed by atoms with Crippen LogP contribution in [0.2, 0.25) is 0 Å². The van der Waals surface area contributed by atoms with Crippen molar-refractivity contribution in [3.63, 3.8) is 0 Å². The molecule has 1 aromatic heterocycles. The van der Waals surface area contributed by atoms with Crippen molar-refractivity contribution in [3.05, 3.63) is 36.0 Å². The summed E-state index contributed by atoms with van der Waals surface area (Å²) in [6.45, 7) is 11.8.